The molecule has 3 N–H and O–H groups in total. The van der Waals surface area contributed by atoms with Crippen LogP contribution in [0.5, 0.6) is 0 Å². The fraction of sp³-hybridized carbons (Fsp3) is 0.412. The van der Waals surface area contributed by atoms with Crippen LogP contribution in [-0.2, 0) is 4.79 Å². The number of hydrogen-bond acceptors (Lipinski definition) is 7. The minimum Gasteiger partial charge on any atom is -0.480 e. The summed E-state index contributed by atoms with van der Waals surface area (Å²) in [4.78, 5) is 26.4. The number of fused-ring (bicyclic) bond motifs is 1. The highest BCUT2D eigenvalue weighted by Crippen LogP contribution is 2.26. The molecule has 27 heavy (non-hydrogen) atoms. The van der Waals surface area contributed by atoms with Gasteiger partial charge in [0.2, 0.25) is 11.9 Å². The fourth-order valence-corrected chi connectivity index (χ4v) is 3.20. The minimum absolute atomic E-state index is 0.145. The third-order valence-corrected chi connectivity index (χ3v) is 4.63. The Kier molecular flexibility index (Phi) is 4.19. The summed E-state index contributed by atoms with van der Waals surface area (Å²) in [5, 5.41) is 22.5. The van der Waals surface area contributed by atoms with Crippen LogP contribution in [0.2, 0.25) is 0 Å². The van der Waals surface area contributed by atoms with Crippen molar-refractivity contribution in [1.29, 1.82) is 0 Å². The van der Waals surface area contributed by atoms with Gasteiger partial charge in [-0.3, -0.25) is 4.40 Å². The van der Waals surface area contributed by atoms with Crippen molar-refractivity contribution in [3.8, 4) is 0 Å². The SMILES string of the molecule is CC(C)n1cnc(Nc2nc(N3C[C@@H](O)C[C@H]3C(=O)O)nc3cccn23)c1. The van der Waals surface area contributed by atoms with Gasteiger partial charge in [0.1, 0.15) is 11.7 Å². The van der Waals surface area contributed by atoms with Crippen molar-refractivity contribution in [2.24, 2.45) is 0 Å². The number of aliphatic hydroxyl groups is 1. The predicted octanol–water partition coefficient (Wildman–Crippen LogP) is 1.27. The second-order valence-corrected chi connectivity index (χ2v) is 6.90. The molecule has 0 spiro atoms. The molecule has 0 aromatic carbocycles. The first-order valence-electron chi connectivity index (χ1n) is 8.75. The van der Waals surface area contributed by atoms with E-state index in [4.69, 9.17) is 0 Å². The quantitative estimate of drug-likeness (QED) is 0.613. The molecule has 1 fully saturated rings. The number of carbonyl (C=O) groups is 1. The molecule has 4 heterocycles. The summed E-state index contributed by atoms with van der Waals surface area (Å²) in [5.41, 5.74) is 0.622. The van der Waals surface area contributed by atoms with Gasteiger partial charge >= 0.3 is 5.97 Å². The van der Waals surface area contributed by atoms with Crippen LogP contribution in [0.3, 0.4) is 0 Å². The molecule has 4 rings (SSSR count). The first kappa shape index (κ1) is 17.3. The van der Waals surface area contributed by atoms with Gasteiger partial charge in [-0.05, 0) is 26.0 Å². The van der Waals surface area contributed by atoms with Crippen LogP contribution in [0.25, 0.3) is 5.65 Å². The molecule has 142 valence electrons. The Bertz CT molecular complexity index is 980. The Balaban J connectivity index is 1.72. The molecule has 0 radical (unpaired) electrons. The first-order chi connectivity index (χ1) is 12.9. The zero-order chi connectivity index (χ0) is 19.1. The lowest BCUT2D eigenvalue weighted by Gasteiger charge is -2.21. The lowest BCUT2D eigenvalue weighted by Crippen LogP contribution is -2.37. The number of carboxylic acid groups (broad SMARTS) is 1. The molecular weight excluding hydrogens is 350 g/mol. The highest BCUT2D eigenvalue weighted by Gasteiger charge is 2.38. The smallest absolute Gasteiger partial charge is 0.326 e. The Labute approximate surface area is 155 Å². The van der Waals surface area contributed by atoms with E-state index in [1.54, 1.807) is 10.7 Å². The molecule has 0 saturated carbocycles. The van der Waals surface area contributed by atoms with Crippen molar-refractivity contribution in [1.82, 2.24) is 23.9 Å². The first-order valence-corrected chi connectivity index (χ1v) is 8.75. The number of carboxylic acids is 1. The number of imidazole rings is 1. The Morgan fingerprint density at radius 3 is 2.89 bits per heavy atom. The third kappa shape index (κ3) is 3.19. The molecule has 10 nitrogen and oxygen atoms in total. The summed E-state index contributed by atoms with van der Waals surface area (Å²) in [6.07, 6.45) is 4.84. The summed E-state index contributed by atoms with van der Waals surface area (Å²) in [6, 6.07) is 3.07. The molecule has 0 amide bonds. The number of aliphatic hydroxyl groups excluding tert-OH is 1. The maximum Gasteiger partial charge on any atom is 0.326 e. The van der Waals surface area contributed by atoms with Gasteiger partial charge in [-0.15, -0.1) is 0 Å². The molecule has 10 heteroatoms. The second-order valence-electron chi connectivity index (χ2n) is 6.90. The topological polar surface area (TPSA) is 121 Å². The summed E-state index contributed by atoms with van der Waals surface area (Å²) in [7, 11) is 0. The lowest BCUT2D eigenvalue weighted by atomic mass is 10.2. The van der Waals surface area contributed by atoms with Crippen molar-refractivity contribution >= 4 is 29.3 Å². The van der Waals surface area contributed by atoms with Gasteiger partial charge < -0.3 is 25.0 Å². The molecule has 3 aromatic heterocycles. The van der Waals surface area contributed by atoms with Gasteiger partial charge in [-0.2, -0.15) is 9.97 Å². The van der Waals surface area contributed by atoms with Crippen LogP contribution >= 0.6 is 0 Å². The molecule has 1 aliphatic rings. The third-order valence-electron chi connectivity index (χ3n) is 4.63. The normalized spacial score (nSPS) is 19.9. The van der Waals surface area contributed by atoms with E-state index in [9.17, 15) is 15.0 Å². The molecule has 0 aliphatic carbocycles. The van der Waals surface area contributed by atoms with Gasteiger partial charge in [0.05, 0.1) is 12.4 Å². The van der Waals surface area contributed by atoms with Crippen LogP contribution in [-0.4, -0.2) is 58.8 Å². The van der Waals surface area contributed by atoms with Crippen molar-refractivity contribution in [2.45, 2.75) is 38.5 Å². The molecule has 1 saturated heterocycles. The Morgan fingerprint density at radius 1 is 1.37 bits per heavy atom. The van der Waals surface area contributed by atoms with E-state index in [1.807, 2.05) is 29.1 Å². The number of rotatable bonds is 5. The van der Waals surface area contributed by atoms with Crippen LogP contribution in [0.4, 0.5) is 17.7 Å². The number of anilines is 3. The maximum absolute atomic E-state index is 11.5. The standard InChI is InChI=1S/C17H21N7O3/c1-10(2)22-8-13(18-9-22)19-16-21-17(20-14-4-3-5-23(14)16)24-7-11(25)6-12(24)15(26)27/h3-5,8-12,25H,6-7H2,1-2H3,(H,26,27)(H,19,20,21)/t11-,12-/m0/s1. The summed E-state index contributed by atoms with van der Waals surface area (Å²) in [6.45, 7) is 4.29. The average Bonchev–Trinajstić information content (AvgIpc) is 3.33. The van der Waals surface area contributed by atoms with Gasteiger partial charge in [0.15, 0.2) is 5.82 Å². The number of nitrogens with zero attached hydrogens (tertiary/aromatic N) is 6. The summed E-state index contributed by atoms with van der Waals surface area (Å²) < 4.78 is 3.73. The molecule has 0 unspecified atom stereocenters. The van der Waals surface area contributed by atoms with Gasteiger partial charge in [-0.1, -0.05) is 0 Å². The van der Waals surface area contributed by atoms with E-state index in [2.05, 4.69) is 34.1 Å². The van der Waals surface area contributed by atoms with Crippen LogP contribution in [0.1, 0.15) is 26.3 Å². The van der Waals surface area contributed by atoms with Crippen molar-refractivity contribution in [2.75, 3.05) is 16.8 Å². The molecular formula is C17H21N7O3. The van der Waals surface area contributed by atoms with E-state index in [-0.39, 0.29) is 25.0 Å². The molecule has 3 aromatic rings. The Hall–Kier alpha value is -3.14. The van der Waals surface area contributed by atoms with E-state index >= 15 is 0 Å². The van der Waals surface area contributed by atoms with E-state index < -0.39 is 18.1 Å². The van der Waals surface area contributed by atoms with E-state index in [0.29, 0.717) is 17.4 Å². The van der Waals surface area contributed by atoms with Crippen LogP contribution in [0.15, 0.2) is 30.9 Å². The van der Waals surface area contributed by atoms with Crippen molar-refractivity contribution < 1.29 is 15.0 Å². The fourth-order valence-electron chi connectivity index (χ4n) is 3.20. The summed E-state index contributed by atoms with van der Waals surface area (Å²) >= 11 is 0. The monoisotopic (exact) mass is 371 g/mol. The van der Waals surface area contributed by atoms with Crippen molar-refractivity contribution in [3.63, 3.8) is 0 Å². The van der Waals surface area contributed by atoms with Crippen LogP contribution < -0.4 is 10.2 Å². The maximum atomic E-state index is 11.5. The van der Waals surface area contributed by atoms with E-state index in [1.165, 1.54) is 4.90 Å². The zero-order valence-electron chi connectivity index (χ0n) is 15.0. The van der Waals surface area contributed by atoms with Gasteiger partial charge in [0, 0.05) is 31.4 Å². The number of hydrogen-bond donors (Lipinski definition) is 3. The number of nitrogens with one attached hydrogen (secondary N) is 1. The Morgan fingerprint density at radius 2 is 2.19 bits per heavy atom. The molecule has 2 atom stereocenters. The van der Waals surface area contributed by atoms with E-state index in [0.717, 1.165) is 0 Å². The predicted molar refractivity (Wildman–Crippen MR) is 98.3 cm³/mol. The second kappa shape index (κ2) is 6.54. The average molecular weight is 371 g/mol. The molecule has 0 bridgehead atoms. The highest BCUT2D eigenvalue weighted by atomic mass is 16.4. The largest absolute Gasteiger partial charge is 0.480 e. The molecule has 1 aliphatic heterocycles. The van der Waals surface area contributed by atoms with Crippen molar-refractivity contribution in [3.05, 3.63) is 30.9 Å². The van der Waals surface area contributed by atoms with Gasteiger partial charge in [0.25, 0.3) is 0 Å². The minimum atomic E-state index is -1.00. The number of aromatic nitrogens is 5. The lowest BCUT2D eigenvalue weighted by molar-refractivity contribution is -0.138. The number of β-amino-alcohol motifs (C(OH)–C–C–N with tert-alkyl or cyclic N) is 1. The summed E-state index contributed by atoms with van der Waals surface area (Å²) in [5.74, 6) is 0.352. The van der Waals surface area contributed by atoms with Gasteiger partial charge in [-0.25, -0.2) is 9.78 Å². The van der Waals surface area contributed by atoms with Crippen LogP contribution in [0, 0.1) is 0 Å². The number of aliphatic carboxylic acids is 1. The highest BCUT2D eigenvalue weighted by molar-refractivity contribution is 5.78. The zero-order valence-corrected chi connectivity index (χ0v) is 15.0.